The first-order valence-corrected chi connectivity index (χ1v) is 7.97. The zero-order chi connectivity index (χ0) is 17.8. The molecule has 0 amide bonds. The highest BCUT2D eigenvalue weighted by Crippen LogP contribution is 2.23. The molecular formula is C21H18FNO2. The summed E-state index contributed by atoms with van der Waals surface area (Å²) in [6, 6.07) is 14.0. The van der Waals surface area contributed by atoms with Crippen molar-refractivity contribution in [2.45, 2.75) is 20.5 Å². The van der Waals surface area contributed by atoms with Crippen LogP contribution in [0.15, 0.2) is 60.9 Å². The van der Waals surface area contributed by atoms with E-state index >= 15 is 0 Å². The first-order chi connectivity index (χ1) is 12.0. The Balaban J connectivity index is 1.73. The second-order valence-corrected chi connectivity index (χ2v) is 5.92. The van der Waals surface area contributed by atoms with Crippen molar-refractivity contribution in [1.29, 1.82) is 0 Å². The van der Waals surface area contributed by atoms with Crippen molar-refractivity contribution in [3.8, 4) is 16.9 Å². The quantitative estimate of drug-likeness (QED) is 0.617. The lowest BCUT2D eigenvalue weighted by Gasteiger charge is -2.09. The van der Waals surface area contributed by atoms with Gasteiger partial charge in [0.2, 0.25) is 0 Å². The predicted octanol–water partition coefficient (Wildman–Crippen LogP) is 4.98. The Kier molecular flexibility index (Phi) is 4.89. The van der Waals surface area contributed by atoms with E-state index < -0.39 is 0 Å². The molecule has 25 heavy (non-hydrogen) atoms. The van der Waals surface area contributed by atoms with Gasteiger partial charge in [-0.3, -0.25) is 9.78 Å². The molecule has 1 aromatic heterocycles. The predicted molar refractivity (Wildman–Crippen MR) is 95.1 cm³/mol. The number of rotatable bonds is 5. The van der Waals surface area contributed by atoms with Crippen LogP contribution in [0.1, 0.15) is 28.4 Å². The smallest absolute Gasteiger partial charge is 0.159 e. The average Bonchev–Trinajstić information content (AvgIpc) is 2.63. The number of hydrogen-bond donors (Lipinski definition) is 0. The van der Waals surface area contributed by atoms with Crippen molar-refractivity contribution < 1.29 is 13.9 Å². The van der Waals surface area contributed by atoms with Gasteiger partial charge < -0.3 is 4.74 Å². The summed E-state index contributed by atoms with van der Waals surface area (Å²) in [5, 5.41) is 0. The maximum absolute atomic E-state index is 13.4. The Morgan fingerprint density at radius 3 is 2.48 bits per heavy atom. The molecule has 0 unspecified atom stereocenters. The number of ether oxygens (including phenoxy) is 1. The number of pyridine rings is 1. The summed E-state index contributed by atoms with van der Waals surface area (Å²) in [5.41, 5.74) is 4.00. The minimum atomic E-state index is -0.217. The van der Waals surface area contributed by atoms with Crippen LogP contribution in [0.25, 0.3) is 11.1 Å². The molecule has 0 spiro atoms. The molecule has 0 bridgehead atoms. The van der Waals surface area contributed by atoms with Crippen molar-refractivity contribution in [3.05, 3.63) is 83.4 Å². The van der Waals surface area contributed by atoms with Gasteiger partial charge in [-0.05, 0) is 67.4 Å². The van der Waals surface area contributed by atoms with Gasteiger partial charge in [0.1, 0.15) is 18.2 Å². The Bertz CT molecular complexity index is 904. The van der Waals surface area contributed by atoms with Crippen molar-refractivity contribution in [3.63, 3.8) is 0 Å². The largest absolute Gasteiger partial charge is 0.489 e. The van der Waals surface area contributed by atoms with E-state index in [1.54, 1.807) is 55.7 Å². The number of nitrogens with zero attached hydrogens (tertiary/aromatic N) is 1. The van der Waals surface area contributed by atoms with Gasteiger partial charge in [-0.15, -0.1) is 0 Å². The van der Waals surface area contributed by atoms with Crippen molar-refractivity contribution in [1.82, 2.24) is 4.98 Å². The Labute approximate surface area is 146 Å². The number of carbonyl (C=O) groups excluding carboxylic acids is 1. The first kappa shape index (κ1) is 16.8. The fraction of sp³-hybridized carbons (Fsp3) is 0.143. The molecule has 4 heteroatoms. The topological polar surface area (TPSA) is 39.2 Å². The Morgan fingerprint density at radius 2 is 1.80 bits per heavy atom. The highest BCUT2D eigenvalue weighted by molar-refractivity contribution is 5.94. The summed E-state index contributed by atoms with van der Waals surface area (Å²) in [4.78, 5) is 15.5. The van der Waals surface area contributed by atoms with E-state index in [4.69, 9.17) is 4.74 Å². The van der Waals surface area contributed by atoms with E-state index in [9.17, 15) is 9.18 Å². The lowest BCUT2D eigenvalue weighted by atomic mass is 10.0. The number of Topliss-reactive ketones (excluding diaryl/α,β-unsaturated/α-hetero) is 1. The molecular weight excluding hydrogens is 317 g/mol. The van der Waals surface area contributed by atoms with Crippen LogP contribution in [0, 0.1) is 12.7 Å². The number of carbonyl (C=O) groups is 1. The summed E-state index contributed by atoms with van der Waals surface area (Å²) in [6.07, 6.45) is 3.49. The third-order valence-electron chi connectivity index (χ3n) is 3.95. The van der Waals surface area contributed by atoms with Gasteiger partial charge in [0.05, 0.1) is 0 Å². The van der Waals surface area contributed by atoms with Gasteiger partial charge in [0, 0.05) is 29.1 Å². The van der Waals surface area contributed by atoms with Crippen molar-refractivity contribution >= 4 is 5.78 Å². The maximum atomic E-state index is 13.4. The van der Waals surface area contributed by atoms with E-state index in [0.717, 1.165) is 16.7 Å². The lowest BCUT2D eigenvalue weighted by molar-refractivity contribution is 0.101. The van der Waals surface area contributed by atoms with Crippen LogP contribution in [0.3, 0.4) is 0 Å². The zero-order valence-electron chi connectivity index (χ0n) is 14.1. The van der Waals surface area contributed by atoms with Gasteiger partial charge in [0.25, 0.3) is 0 Å². The van der Waals surface area contributed by atoms with E-state index in [-0.39, 0.29) is 11.6 Å². The normalized spacial score (nSPS) is 10.5. The fourth-order valence-corrected chi connectivity index (χ4v) is 2.50. The molecule has 0 fully saturated rings. The maximum Gasteiger partial charge on any atom is 0.159 e. The van der Waals surface area contributed by atoms with Crippen LogP contribution in [0.2, 0.25) is 0 Å². The third-order valence-corrected chi connectivity index (χ3v) is 3.95. The van der Waals surface area contributed by atoms with Crippen LogP contribution >= 0.6 is 0 Å². The van der Waals surface area contributed by atoms with Gasteiger partial charge in [-0.2, -0.15) is 0 Å². The van der Waals surface area contributed by atoms with Gasteiger partial charge in [-0.1, -0.05) is 6.07 Å². The average molecular weight is 335 g/mol. The summed E-state index contributed by atoms with van der Waals surface area (Å²) in [7, 11) is 0. The number of hydrogen-bond acceptors (Lipinski definition) is 3. The first-order valence-electron chi connectivity index (χ1n) is 7.97. The van der Waals surface area contributed by atoms with E-state index in [2.05, 4.69) is 4.98 Å². The van der Waals surface area contributed by atoms with Gasteiger partial charge in [0.15, 0.2) is 5.78 Å². The highest BCUT2D eigenvalue weighted by atomic mass is 19.1. The number of benzene rings is 2. The van der Waals surface area contributed by atoms with Crippen LogP contribution in [0.4, 0.5) is 4.39 Å². The van der Waals surface area contributed by atoms with Crippen LogP contribution in [0.5, 0.6) is 5.75 Å². The molecule has 1 heterocycles. The van der Waals surface area contributed by atoms with Crippen molar-refractivity contribution in [2.24, 2.45) is 0 Å². The number of ketones is 1. The monoisotopic (exact) mass is 335 g/mol. The Hall–Kier alpha value is -3.01. The molecule has 3 aromatic rings. The molecule has 0 atom stereocenters. The van der Waals surface area contributed by atoms with E-state index in [1.807, 2.05) is 6.07 Å². The van der Waals surface area contributed by atoms with Gasteiger partial charge >= 0.3 is 0 Å². The molecule has 0 radical (unpaired) electrons. The van der Waals surface area contributed by atoms with Gasteiger partial charge in [-0.25, -0.2) is 4.39 Å². The Morgan fingerprint density at radius 1 is 1.04 bits per heavy atom. The summed E-state index contributed by atoms with van der Waals surface area (Å²) >= 11 is 0. The fourth-order valence-electron chi connectivity index (χ4n) is 2.50. The SMILES string of the molecule is CC(=O)c1ccc(OCc2cncc(-c3ccc(F)c(C)c3)c2)cc1. The molecule has 3 rings (SSSR count). The summed E-state index contributed by atoms with van der Waals surface area (Å²) in [6.45, 7) is 3.63. The summed E-state index contributed by atoms with van der Waals surface area (Å²) < 4.78 is 19.2. The second kappa shape index (κ2) is 7.26. The number of aromatic nitrogens is 1. The standard InChI is InChI=1S/C21H18FNO2/c1-14-9-18(5-8-21(14)22)19-10-16(11-23-12-19)13-25-20-6-3-17(4-7-20)15(2)24/h3-12H,13H2,1-2H3. The molecule has 0 aliphatic rings. The summed E-state index contributed by atoms with van der Waals surface area (Å²) in [5.74, 6) is 0.497. The van der Waals surface area contributed by atoms with Crippen LogP contribution < -0.4 is 4.74 Å². The van der Waals surface area contributed by atoms with Crippen LogP contribution in [-0.2, 0) is 6.61 Å². The minimum absolute atomic E-state index is 0.0260. The molecule has 0 aliphatic carbocycles. The molecule has 126 valence electrons. The molecule has 0 N–H and O–H groups in total. The van der Waals surface area contributed by atoms with E-state index in [1.165, 1.54) is 13.0 Å². The highest BCUT2D eigenvalue weighted by Gasteiger charge is 2.05. The lowest BCUT2D eigenvalue weighted by Crippen LogP contribution is -1.98. The third kappa shape index (κ3) is 4.10. The molecule has 0 saturated carbocycles. The van der Waals surface area contributed by atoms with Crippen molar-refractivity contribution in [2.75, 3.05) is 0 Å². The molecule has 0 aliphatic heterocycles. The number of aryl methyl sites for hydroxylation is 1. The molecule has 2 aromatic carbocycles. The van der Waals surface area contributed by atoms with E-state index in [0.29, 0.717) is 23.5 Å². The molecule has 0 saturated heterocycles. The minimum Gasteiger partial charge on any atom is -0.489 e. The second-order valence-electron chi connectivity index (χ2n) is 5.92. The number of halogens is 1. The van der Waals surface area contributed by atoms with Crippen LogP contribution in [-0.4, -0.2) is 10.8 Å². The zero-order valence-corrected chi connectivity index (χ0v) is 14.1. The molecule has 3 nitrogen and oxygen atoms in total.